The zero-order valence-corrected chi connectivity index (χ0v) is 11.9. The van der Waals surface area contributed by atoms with Crippen LogP contribution in [0.4, 0.5) is 4.39 Å². The van der Waals surface area contributed by atoms with E-state index >= 15 is 0 Å². The molecule has 0 spiro atoms. The molecule has 110 valence electrons. The number of hydrogen-bond acceptors (Lipinski definition) is 3. The van der Waals surface area contributed by atoms with E-state index in [0.29, 0.717) is 23.6 Å². The summed E-state index contributed by atoms with van der Waals surface area (Å²) in [6.45, 7) is 0.305. The van der Waals surface area contributed by atoms with E-state index in [1.807, 2.05) is 0 Å². The molecule has 1 amide bonds. The highest BCUT2D eigenvalue weighted by atomic mass is 19.1. The molecule has 4 nitrogen and oxygen atoms in total. The third-order valence-electron chi connectivity index (χ3n) is 3.02. The average Bonchev–Trinajstić information content (AvgIpc) is 2.53. The highest BCUT2D eigenvalue weighted by Gasteiger charge is 2.13. The van der Waals surface area contributed by atoms with Gasteiger partial charge in [-0.25, -0.2) is 4.39 Å². The van der Waals surface area contributed by atoms with Crippen molar-refractivity contribution in [1.82, 2.24) is 5.32 Å². The van der Waals surface area contributed by atoms with E-state index in [-0.39, 0.29) is 11.7 Å². The molecule has 2 aromatic rings. The van der Waals surface area contributed by atoms with E-state index < -0.39 is 0 Å². The summed E-state index contributed by atoms with van der Waals surface area (Å²) in [5, 5.41) is 2.76. The molecular weight excluding hydrogens is 273 g/mol. The van der Waals surface area contributed by atoms with E-state index in [2.05, 4.69) is 5.32 Å². The number of methoxy groups -OCH3 is 2. The molecule has 0 unspecified atom stereocenters. The summed E-state index contributed by atoms with van der Waals surface area (Å²) in [5.74, 6) is 0.449. The number of carbonyl (C=O) groups excluding carboxylic acids is 1. The van der Waals surface area contributed by atoms with Crippen molar-refractivity contribution < 1.29 is 18.7 Å². The van der Waals surface area contributed by atoms with Gasteiger partial charge in [0, 0.05) is 6.54 Å². The number of amides is 1. The van der Waals surface area contributed by atoms with Gasteiger partial charge in [-0.3, -0.25) is 4.79 Å². The summed E-state index contributed by atoms with van der Waals surface area (Å²) in [6.07, 6.45) is 0. The van der Waals surface area contributed by atoms with Gasteiger partial charge in [0.2, 0.25) is 0 Å². The summed E-state index contributed by atoms with van der Waals surface area (Å²) < 4.78 is 23.1. The van der Waals surface area contributed by atoms with Crippen LogP contribution < -0.4 is 14.8 Å². The minimum atomic E-state index is -0.306. The lowest BCUT2D eigenvalue weighted by atomic mass is 10.1. The van der Waals surface area contributed by atoms with Crippen molar-refractivity contribution >= 4 is 5.91 Å². The quantitative estimate of drug-likeness (QED) is 0.920. The number of halogens is 1. The highest BCUT2D eigenvalue weighted by molar-refractivity contribution is 5.97. The molecule has 0 atom stereocenters. The Bertz CT molecular complexity index is 626. The van der Waals surface area contributed by atoms with Crippen LogP contribution in [0.1, 0.15) is 15.9 Å². The molecule has 0 heterocycles. The van der Waals surface area contributed by atoms with E-state index in [4.69, 9.17) is 9.47 Å². The fourth-order valence-corrected chi connectivity index (χ4v) is 1.87. The zero-order chi connectivity index (χ0) is 15.2. The average molecular weight is 289 g/mol. The molecule has 0 aliphatic carbocycles. The van der Waals surface area contributed by atoms with Crippen LogP contribution in [0.25, 0.3) is 0 Å². The van der Waals surface area contributed by atoms with Crippen molar-refractivity contribution in [3.8, 4) is 11.5 Å². The first kappa shape index (κ1) is 14.8. The van der Waals surface area contributed by atoms with Crippen molar-refractivity contribution in [2.45, 2.75) is 6.54 Å². The Morgan fingerprint density at radius 1 is 1.10 bits per heavy atom. The number of benzene rings is 2. The largest absolute Gasteiger partial charge is 0.497 e. The standard InChI is InChI=1S/C16H16FNO3/c1-20-13-7-8-15(21-2)14(9-13)16(19)18-10-11-3-5-12(17)6-4-11/h3-9H,10H2,1-2H3,(H,18,19). The Morgan fingerprint density at radius 2 is 1.81 bits per heavy atom. The molecule has 0 aromatic heterocycles. The maximum Gasteiger partial charge on any atom is 0.255 e. The lowest BCUT2D eigenvalue weighted by molar-refractivity contribution is 0.0947. The molecule has 0 radical (unpaired) electrons. The number of rotatable bonds is 5. The Morgan fingerprint density at radius 3 is 2.43 bits per heavy atom. The molecule has 0 saturated carbocycles. The third kappa shape index (κ3) is 3.72. The second kappa shape index (κ2) is 6.74. The maximum atomic E-state index is 12.8. The van der Waals surface area contributed by atoms with E-state index in [0.717, 1.165) is 5.56 Å². The van der Waals surface area contributed by atoms with Gasteiger partial charge in [-0.1, -0.05) is 12.1 Å². The minimum Gasteiger partial charge on any atom is -0.497 e. The van der Waals surface area contributed by atoms with Crippen LogP contribution in [0.2, 0.25) is 0 Å². The molecule has 2 aromatic carbocycles. The first-order valence-corrected chi connectivity index (χ1v) is 6.38. The SMILES string of the molecule is COc1ccc(OC)c(C(=O)NCc2ccc(F)cc2)c1. The highest BCUT2D eigenvalue weighted by Crippen LogP contribution is 2.23. The molecule has 0 fully saturated rings. The number of hydrogen-bond donors (Lipinski definition) is 1. The molecule has 0 saturated heterocycles. The molecule has 21 heavy (non-hydrogen) atoms. The second-order valence-corrected chi connectivity index (χ2v) is 4.38. The Labute approximate surface area is 122 Å². The van der Waals surface area contributed by atoms with Crippen LogP contribution >= 0.6 is 0 Å². The molecule has 0 aliphatic rings. The number of nitrogens with one attached hydrogen (secondary N) is 1. The summed E-state index contributed by atoms with van der Waals surface area (Å²) in [4.78, 5) is 12.2. The van der Waals surface area contributed by atoms with Crippen LogP contribution in [0.5, 0.6) is 11.5 Å². The van der Waals surface area contributed by atoms with Gasteiger partial charge in [0.15, 0.2) is 0 Å². The molecule has 0 aliphatic heterocycles. The topological polar surface area (TPSA) is 47.6 Å². The molecule has 0 bridgehead atoms. The smallest absolute Gasteiger partial charge is 0.255 e. The molecule has 1 N–H and O–H groups in total. The second-order valence-electron chi connectivity index (χ2n) is 4.38. The Hall–Kier alpha value is -2.56. The van der Waals surface area contributed by atoms with E-state index in [1.165, 1.54) is 26.4 Å². The van der Waals surface area contributed by atoms with Crippen molar-refractivity contribution in [2.24, 2.45) is 0 Å². The predicted octanol–water partition coefficient (Wildman–Crippen LogP) is 2.77. The van der Waals surface area contributed by atoms with Crippen molar-refractivity contribution in [3.63, 3.8) is 0 Å². The van der Waals surface area contributed by atoms with Gasteiger partial charge in [0.1, 0.15) is 17.3 Å². The van der Waals surface area contributed by atoms with Gasteiger partial charge < -0.3 is 14.8 Å². The van der Waals surface area contributed by atoms with Crippen LogP contribution in [0.15, 0.2) is 42.5 Å². The lowest BCUT2D eigenvalue weighted by Crippen LogP contribution is -2.23. The van der Waals surface area contributed by atoms with Gasteiger partial charge >= 0.3 is 0 Å². The van der Waals surface area contributed by atoms with Crippen molar-refractivity contribution in [1.29, 1.82) is 0 Å². The summed E-state index contributed by atoms with van der Waals surface area (Å²) in [7, 11) is 3.03. The van der Waals surface area contributed by atoms with E-state index in [1.54, 1.807) is 30.3 Å². The van der Waals surface area contributed by atoms with Gasteiger partial charge in [-0.2, -0.15) is 0 Å². The number of ether oxygens (including phenoxy) is 2. The minimum absolute atomic E-state index is 0.282. The predicted molar refractivity (Wildman–Crippen MR) is 77.1 cm³/mol. The Balaban J connectivity index is 2.10. The van der Waals surface area contributed by atoms with Gasteiger partial charge in [0.05, 0.1) is 19.8 Å². The summed E-state index contributed by atoms with van der Waals surface area (Å²) in [6, 6.07) is 11.0. The maximum absolute atomic E-state index is 12.8. The summed E-state index contributed by atoms with van der Waals surface area (Å²) in [5.41, 5.74) is 1.20. The lowest BCUT2D eigenvalue weighted by Gasteiger charge is -2.11. The first-order valence-electron chi connectivity index (χ1n) is 6.38. The van der Waals surface area contributed by atoms with Crippen LogP contribution in [0, 0.1) is 5.82 Å². The van der Waals surface area contributed by atoms with Crippen molar-refractivity contribution in [3.05, 3.63) is 59.4 Å². The van der Waals surface area contributed by atoms with Crippen LogP contribution in [0.3, 0.4) is 0 Å². The third-order valence-corrected chi connectivity index (χ3v) is 3.02. The fourth-order valence-electron chi connectivity index (χ4n) is 1.87. The van der Waals surface area contributed by atoms with Gasteiger partial charge in [-0.15, -0.1) is 0 Å². The summed E-state index contributed by atoms with van der Waals surface area (Å²) >= 11 is 0. The van der Waals surface area contributed by atoms with Gasteiger partial charge in [0.25, 0.3) is 5.91 Å². The van der Waals surface area contributed by atoms with Crippen LogP contribution in [-0.2, 0) is 6.54 Å². The first-order chi connectivity index (χ1) is 10.1. The molecular formula is C16H16FNO3. The van der Waals surface area contributed by atoms with E-state index in [9.17, 15) is 9.18 Å². The van der Waals surface area contributed by atoms with Gasteiger partial charge in [-0.05, 0) is 35.9 Å². The molecule has 5 heteroatoms. The number of carbonyl (C=O) groups is 1. The van der Waals surface area contributed by atoms with Crippen LogP contribution in [-0.4, -0.2) is 20.1 Å². The van der Waals surface area contributed by atoms with Crippen molar-refractivity contribution in [2.75, 3.05) is 14.2 Å². The normalized spacial score (nSPS) is 10.0. The zero-order valence-electron chi connectivity index (χ0n) is 11.9. The molecule has 2 rings (SSSR count). The Kier molecular flexibility index (Phi) is 4.77. The fraction of sp³-hybridized carbons (Fsp3) is 0.188. The monoisotopic (exact) mass is 289 g/mol.